The summed E-state index contributed by atoms with van der Waals surface area (Å²) in [5, 5.41) is 9.09. The maximum atomic E-state index is 14.8. The number of carboxylic acid groups (broad SMARTS) is 1. The van der Waals surface area contributed by atoms with E-state index in [1.165, 1.54) is 0 Å². The molecule has 0 radical (unpaired) electrons. The lowest BCUT2D eigenvalue weighted by Crippen LogP contribution is -2.25. The molecule has 0 spiro atoms. The van der Waals surface area contributed by atoms with Crippen LogP contribution in [-0.4, -0.2) is 35.3 Å². The second-order valence-corrected chi connectivity index (χ2v) is 7.30. The van der Waals surface area contributed by atoms with Gasteiger partial charge in [0.2, 0.25) is 0 Å². The summed E-state index contributed by atoms with van der Waals surface area (Å²) < 4.78 is 20.8. The number of hydrogen-bond donors (Lipinski definition) is 1. The SMILES string of the molecule is CCCCc1nccc(N2CC[C@@H](Oc3ccc(C(C)C(=O)O)cc3)C2)c1F. The second-order valence-electron chi connectivity index (χ2n) is 7.30. The third-order valence-corrected chi connectivity index (χ3v) is 5.25. The molecule has 150 valence electrons. The summed E-state index contributed by atoms with van der Waals surface area (Å²) in [5.74, 6) is -0.916. The minimum absolute atomic E-state index is 0.0330. The molecule has 1 aliphatic heterocycles. The normalized spacial score (nSPS) is 17.5. The molecule has 0 amide bonds. The number of aryl methyl sites for hydroxylation is 1. The summed E-state index contributed by atoms with van der Waals surface area (Å²) in [6.45, 7) is 5.08. The number of carboxylic acids is 1. The number of halogens is 1. The van der Waals surface area contributed by atoms with Gasteiger partial charge in [-0.15, -0.1) is 0 Å². The number of aromatic nitrogens is 1. The average Bonchev–Trinajstić information content (AvgIpc) is 3.15. The van der Waals surface area contributed by atoms with Crippen molar-refractivity contribution in [2.75, 3.05) is 18.0 Å². The van der Waals surface area contributed by atoms with E-state index in [-0.39, 0.29) is 11.9 Å². The summed E-state index contributed by atoms with van der Waals surface area (Å²) in [6.07, 6.45) is 5.05. The number of rotatable bonds is 8. The zero-order chi connectivity index (χ0) is 20.1. The summed E-state index contributed by atoms with van der Waals surface area (Å²) in [6, 6.07) is 8.89. The molecule has 1 fully saturated rings. The molecule has 0 aliphatic carbocycles. The van der Waals surface area contributed by atoms with E-state index in [1.54, 1.807) is 43.5 Å². The maximum Gasteiger partial charge on any atom is 0.310 e. The number of anilines is 1. The van der Waals surface area contributed by atoms with Crippen LogP contribution < -0.4 is 9.64 Å². The quantitative estimate of drug-likeness (QED) is 0.728. The number of unbranched alkanes of at least 4 members (excludes halogenated alkanes) is 1. The van der Waals surface area contributed by atoms with Crippen molar-refractivity contribution in [2.24, 2.45) is 0 Å². The van der Waals surface area contributed by atoms with Crippen molar-refractivity contribution in [3.8, 4) is 5.75 Å². The maximum absolute atomic E-state index is 14.8. The molecule has 1 N–H and O–H groups in total. The fraction of sp³-hybridized carbons (Fsp3) is 0.455. The van der Waals surface area contributed by atoms with Gasteiger partial charge in [0, 0.05) is 19.2 Å². The Morgan fingerprint density at radius 3 is 2.79 bits per heavy atom. The highest BCUT2D eigenvalue weighted by atomic mass is 19.1. The van der Waals surface area contributed by atoms with Gasteiger partial charge in [0.1, 0.15) is 11.9 Å². The molecule has 1 aromatic carbocycles. The fourth-order valence-electron chi connectivity index (χ4n) is 3.45. The molecule has 6 heteroatoms. The summed E-state index contributed by atoms with van der Waals surface area (Å²) in [5.41, 5.74) is 1.87. The highest BCUT2D eigenvalue weighted by molar-refractivity contribution is 5.75. The number of hydrogen-bond acceptors (Lipinski definition) is 4. The third-order valence-electron chi connectivity index (χ3n) is 5.25. The zero-order valence-electron chi connectivity index (χ0n) is 16.4. The molecule has 1 saturated heterocycles. The van der Waals surface area contributed by atoms with Crippen LogP contribution in [0.5, 0.6) is 5.75 Å². The van der Waals surface area contributed by atoms with Crippen LogP contribution in [0.2, 0.25) is 0 Å². The topological polar surface area (TPSA) is 62.7 Å². The van der Waals surface area contributed by atoms with Crippen molar-refractivity contribution < 1.29 is 19.0 Å². The van der Waals surface area contributed by atoms with Crippen molar-refractivity contribution in [1.29, 1.82) is 0 Å². The molecular weight excluding hydrogens is 359 g/mol. The molecule has 1 aromatic heterocycles. The first kappa shape index (κ1) is 20.1. The Labute approximate surface area is 165 Å². The number of carbonyl (C=O) groups is 1. The monoisotopic (exact) mass is 386 g/mol. The first-order valence-corrected chi connectivity index (χ1v) is 9.87. The Morgan fingerprint density at radius 2 is 2.11 bits per heavy atom. The van der Waals surface area contributed by atoms with Crippen molar-refractivity contribution in [2.45, 2.75) is 51.6 Å². The summed E-state index contributed by atoms with van der Waals surface area (Å²) >= 11 is 0. The Hall–Kier alpha value is -2.63. The lowest BCUT2D eigenvalue weighted by Gasteiger charge is -2.20. The van der Waals surface area contributed by atoms with E-state index in [1.807, 2.05) is 4.90 Å². The number of pyridine rings is 1. The lowest BCUT2D eigenvalue weighted by atomic mass is 10.0. The molecule has 2 heterocycles. The minimum atomic E-state index is -0.849. The van der Waals surface area contributed by atoms with Gasteiger partial charge >= 0.3 is 5.97 Å². The van der Waals surface area contributed by atoms with Crippen LogP contribution in [0.4, 0.5) is 10.1 Å². The molecular formula is C22H27FN2O3. The summed E-state index contributed by atoms with van der Waals surface area (Å²) in [4.78, 5) is 17.3. The van der Waals surface area contributed by atoms with Gasteiger partial charge in [-0.05, 0) is 43.5 Å². The van der Waals surface area contributed by atoms with Gasteiger partial charge in [-0.1, -0.05) is 25.5 Å². The van der Waals surface area contributed by atoms with E-state index in [0.29, 0.717) is 30.1 Å². The highest BCUT2D eigenvalue weighted by Crippen LogP contribution is 2.28. The Bertz CT molecular complexity index is 810. The number of aliphatic carboxylic acids is 1. The lowest BCUT2D eigenvalue weighted by molar-refractivity contribution is -0.138. The number of nitrogens with zero attached hydrogens (tertiary/aromatic N) is 2. The molecule has 1 aliphatic rings. The molecule has 2 aromatic rings. The van der Waals surface area contributed by atoms with Gasteiger partial charge in [0.15, 0.2) is 5.82 Å². The van der Waals surface area contributed by atoms with Crippen LogP contribution in [0.3, 0.4) is 0 Å². The van der Waals surface area contributed by atoms with Crippen LogP contribution in [0.1, 0.15) is 50.3 Å². The van der Waals surface area contributed by atoms with Crippen LogP contribution in [0.15, 0.2) is 36.5 Å². The fourth-order valence-corrected chi connectivity index (χ4v) is 3.45. The van der Waals surface area contributed by atoms with Gasteiger partial charge in [-0.25, -0.2) is 4.39 Å². The predicted molar refractivity (Wildman–Crippen MR) is 107 cm³/mol. The molecule has 0 bridgehead atoms. The molecule has 5 nitrogen and oxygen atoms in total. The predicted octanol–water partition coefficient (Wildman–Crippen LogP) is 4.41. The van der Waals surface area contributed by atoms with E-state index in [4.69, 9.17) is 9.84 Å². The van der Waals surface area contributed by atoms with Crippen LogP contribution in [0, 0.1) is 5.82 Å². The van der Waals surface area contributed by atoms with Crippen molar-refractivity contribution in [3.63, 3.8) is 0 Å². The smallest absolute Gasteiger partial charge is 0.310 e. The minimum Gasteiger partial charge on any atom is -0.489 e. The number of benzene rings is 1. The van der Waals surface area contributed by atoms with Crippen LogP contribution >= 0.6 is 0 Å². The average molecular weight is 386 g/mol. The Balaban J connectivity index is 1.62. The number of ether oxygens (including phenoxy) is 1. The van der Waals surface area contributed by atoms with Crippen molar-refractivity contribution in [3.05, 3.63) is 53.6 Å². The molecule has 2 atom stereocenters. The molecule has 28 heavy (non-hydrogen) atoms. The third kappa shape index (κ3) is 4.61. The van der Waals surface area contributed by atoms with Crippen molar-refractivity contribution in [1.82, 2.24) is 4.98 Å². The molecule has 0 saturated carbocycles. The standard InChI is InChI=1S/C22H27FN2O3/c1-3-4-5-19-21(23)20(10-12-24-19)25-13-11-18(14-25)28-17-8-6-16(7-9-17)15(2)22(26)27/h6-10,12,15,18H,3-5,11,13-14H2,1-2H3,(H,26,27)/t15?,18-/m1/s1. The van der Waals surface area contributed by atoms with Gasteiger partial charge in [0.05, 0.1) is 23.8 Å². The van der Waals surface area contributed by atoms with E-state index in [9.17, 15) is 9.18 Å². The van der Waals surface area contributed by atoms with Crippen LogP contribution in [-0.2, 0) is 11.2 Å². The second kappa shape index (κ2) is 9.04. The van der Waals surface area contributed by atoms with Gasteiger partial charge in [0.25, 0.3) is 0 Å². The first-order valence-electron chi connectivity index (χ1n) is 9.87. The molecule has 1 unspecified atom stereocenters. The van der Waals surface area contributed by atoms with E-state index >= 15 is 0 Å². The van der Waals surface area contributed by atoms with Gasteiger partial charge in [-0.2, -0.15) is 0 Å². The van der Waals surface area contributed by atoms with Gasteiger partial charge < -0.3 is 14.7 Å². The zero-order valence-corrected chi connectivity index (χ0v) is 16.4. The van der Waals surface area contributed by atoms with Gasteiger partial charge in [-0.3, -0.25) is 9.78 Å². The van der Waals surface area contributed by atoms with Crippen molar-refractivity contribution >= 4 is 11.7 Å². The first-order chi connectivity index (χ1) is 13.5. The summed E-state index contributed by atoms with van der Waals surface area (Å²) in [7, 11) is 0. The highest BCUT2D eigenvalue weighted by Gasteiger charge is 2.27. The van der Waals surface area contributed by atoms with E-state index in [0.717, 1.165) is 31.4 Å². The van der Waals surface area contributed by atoms with E-state index < -0.39 is 11.9 Å². The van der Waals surface area contributed by atoms with Crippen LogP contribution in [0.25, 0.3) is 0 Å². The van der Waals surface area contributed by atoms with E-state index in [2.05, 4.69) is 11.9 Å². The Morgan fingerprint density at radius 1 is 1.36 bits per heavy atom. The Kier molecular flexibility index (Phi) is 6.49. The largest absolute Gasteiger partial charge is 0.489 e. The molecule has 3 rings (SSSR count).